The lowest BCUT2D eigenvalue weighted by atomic mass is 9.82. The molecule has 3 N–H and O–H groups in total. The summed E-state index contributed by atoms with van der Waals surface area (Å²) in [6.45, 7) is 2.28. The number of nitrogens with one attached hydrogen (secondary N) is 1. The van der Waals surface area contributed by atoms with E-state index < -0.39 is 0 Å². The third kappa shape index (κ3) is 3.11. The lowest BCUT2D eigenvalue weighted by Gasteiger charge is -2.33. The first-order valence-corrected chi connectivity index (χ1v) is 6.34. The van der Waals surface area contributed by atoms with Crippen LogP contribution >= 0.6 is 0 Å². The predicted molar refractivity (Wildman–Crippen MR) is 63.8 cm³/mol. The van der Waals surface area contributed by atoms with Gasteiger partial charge in [-0.25, -0.2) is 0 Å². The van der Waals surface area contributed by atoms with Gasteiger partial charge in [0.05, 0.1) is 6.04 Å². The SMILES string of the molecule is CC1CC(NC(N)=NC2CCCCC2)C1. The normalized spacial score (nSPS) is 33.5. The van der Waals surface area contributed by atoms with E-state index in [0.29, 0.717) is 18.0 Å². The van der Waals surface area contributed by atoms with Gasteiger partial charge in [-0.05, 0) is 31.6 Å². The average molecular weight is 209 g/mol. The first kappa shape index (κ1) is 10.8. The van der Waals surface area contributed by atoms with Crippen LogP contribution in [0.5, 0.6) is 0 Å². The van der Waals surface area contributed by atoms with Gasteiger partial charge in [-0.2, -0.15) is 0 Å². The van der Waals surface area contributed by atoms with Gasteiger partial charge in [0.1, 0.15) is 0 Å². The van der Waals surface area contributed by atoms with Gasteiger partial charge in [-0.1, -0.05) is 26.2 Å². The number of aliphatic imine (C=N–C) groups is 1. The minimum atomic E-state index is 0.490. The molecule has 15 heavy (non-hydrogen) atoms. The highest BCUT2D eigenvalue weighted by atomic mass is 15.1. The Bertz CT molecular complexity index is 225. The molecular formula is C12H23N3. The highest BCUT2D eigenvalue weighted by Crippen LogP contribution is 2.26. The maximum absolute atomic E-state index is 5.90. The fourth-order valence-corrected chi connectivity index (χ4v) is 2.67. The van der Waals surface area contributed by atoms with Crippen molar-refractivity contribution in [1.29, 1.82) is 0 Å². The third-order valence-corrected chi connectivity index (χ3v) is 3.62. The minimum Gasteiger partial charge on any atom is -0.370 e. The number of nitrogens with two attached hydrogens (primary N) is 1. The van der Waals surface area contributed by atoms with Crippen molar-refractivity contribution in [2.45, 2.75) is 64.0 Å². The number of rotatable bonds is 2. The van der Waals surface area contributed by atoms with Gasteiger partial charge in [0.25, 0.3) is 0 Å². The fraction of sp³-hybridized carbons (Fsp3) is 0.917. The maximum atomic E-state index is 5.90. The summed E-state index contributed by atoms with van der Waals surface area (Å²) in [7, 11) is 0. The molecule has 0 radical (unpaired) electrons. The molecule has 2 aliphatic rings. The zero-order chi connectivity index (χ0) is 10.7. The summed E-state index contributed by atoms with van der Waals surface area (Å²) in [6, 6.07) is 1.08. The molecule has 0 aliphatic heterocycles. The number of hydrogen-bond donors (Lipinski definition) is 2. The van der Waals surface area contributed by atoms with Crippen LogP contribution < -0.4 is 11.1 Å². The zero-order valence-corrected chi connectivity index (χ0v) is 9.71. The highest BCUT2D eigenvalue weighted by molar-refractivity contribution is 5.78. The van der Waals surface area contributed by atoms with Crippen LogP contribution in [0.3, 0.4) is 0 Å². The van der Waals surface area contributed by atoms with Gasteiger partial charge in [0.2, 0.25) is 0 Å². The van der Waals surface area contributed by atoms with Crippen molar-refractivity contribution < 1.29 is 0 Å². The third-order valence-electron chi connectivity index (χ3n) is 3.62. The topological polar surface area (TPSA) is 50.4 Å². The van der Waals surface area contributed by atoms with E-state index in [4.69, 9.17) is 5.73 Å². The zero-order valence-electron chi connectivity index (χ0n) is 9.71. The Kier molecular flexibility index (Phi) is 3.49. The Labute approximate surface area is 92.5 Å². The van der Waals surface area contributed by atoms with E-state index in [9.17, 15) is 0 Å². The van der Waals surface area contributed by atoms with Crippen LogP contribution in [0.4, 0.5) is 0 Å². The molecule has 86 valence electrons. The number of guanidine groups is 1. The standard InChI is InChI=1S/C12H23N3/c1-9-7-11(8-9)15-12(13)14-10-5-3-2-4-6-10/h9-11H,2-8H2,1H3,(H3,13,14,15). The lowest BCUT2D eigenvalue weighted by Crippen LogP contribution is -2.47. The average Bonchev–Trinajstić information content (AvgIpc) is 2.17. The van der Waals surface area contributed by atoms with Crippen molar-refractivity contribution in [1.82, 2.24) is 5.32 Å². The summed E-state index contributed by atoms with van der Waals surface area (Å²) in [5.41, 5.74) is 5.90. The molecule has 2 aliphatic carbocycles. The van der Waals surface area contributed by atoms with Crippen LogP contribution in [-0.4, -0.2) is 18.0 Å². The molecule has 0 saturated heterocycles. The van der Waals surface area contributed by atoms with Crippen LogP contribution in [-0.2, 0) is 0 Å². The summed E-state index contributed by atoms with van der Waals surface area (Å²) in [6.07, 6.45) is 8.97. The Morgan fingerprint density at radius 2 is 1.87 bits per heavy atom. The second-order valence-corrected chi connectivity index (χ2v) is 5.22. The molecule has 0 atom stereocenters. The van der Waals surface area contributed by atoms with E-state index in [1.807, 2.05) is 0 Å². The van der Waals surface area contributed by atoms with E-state index in [-0.39, 0.29) is 0 Å². The summed E-state index contributed by atoms with van der Waals surface area (Å²) in [5, 5.41) is 3.32. The Balaban J connectivity index is 1.73. The van der Waals surface area contributed by atoms with Crippen molar-refractivity contribution in [3.63, 3.8) is 0 Å². The molecule has 3 heteroatoms. The molecule has 0 heterocycles. The largest absolute Gasteiger partial charge is 0.370 e. The van der Waals surface area contributed by atoms with Crippen LogP contribution in [0, 0.1) is 5.92 Å². The predicted octanol–water partition coefficient (Wildman–Crippen LogP) is 2.02. The summed E-state index contributed by atoms with van der Waals surface area (Å²) in [5.74, 6) is 1.55. The molecule has 2 rings (SSSR count). The molecule has 0 aromatic rings. The molecule has 2 saturated carbocycles. The Morgan fingerprint density at radius 3 is 2.47 bits per heavy atom. The minimum absolute atomic E-state index is 0.490. The number of hydrogen-bond acceptors (Lipinski definition) is 1. The van der Waals surface area contributed by atoms with Crippen molar-refractivity contribution in [2.75, 3.05) is 0 Å². The maximum Gasteiger partial charge on any atom is 0.189 e. The molecule has 0 bridgehead atoms. The van der Waals surface area contributed by atoms with E-state index in [1.165, 1.54) is 44.9 Å². The van der Waals surface area contributed by atoms with E-state index >= 15 is 0 Å². The molecule has 3 nitrogen and oxygen atoms in total. The smallest absolute Gasteiger partial charge is 0.189 e. The first-order valence-electron chi connectivity index (χ1n) is 6.34. The summed E-state index contributed by atoms with van der Waals surface area (Å²) < 4.78 is 0. The van der Waals surface area contributed by atoms with E-state index in [0.717, 1.165) is 5.92 Å². The second-order valence-electron chi connectivity index (χ2n) is 5.22. The van der Waals surface area contributed by atoms with Crippen molar-refractivity contribution in [2.24, 2.45) is 16.6 Å². The number of nitrogens with zero attached hydrogens (tertiary/aromatic N) is 1. The van der Waals surface area contributed by atoms with Crippen LogP contribution in [0.2, 0.25) is 0 Å². The van der Waals surface area contributed by atoms with Crippen molar-refractivity contribution in [3.8, 4) is 0 Å². The molecule has 0 amide bonds. The molecule has 0 aromatic carbocycles. The van der Waals surface area contributed by atoms with Gasteiger partial charge >= 0.3 is 0 Å². The van der Waals surface area contributed by atoms with Gasteiger partial charge in [-0.15, -0.1) is 0 Å². The van der Waals surface area contributed by atoms with Crippen LogP contribution in [0.25, 0.3) is 0 Å². The van der Waals surface area contributed by atoms with Gasteiger partial charge in [-0.3, -0.25) is 4.99 Å². The quantitative estimate of drug-likeness (QED) is 0.540. The van der Waals surface area contributed by atoms with E-state index in [1.54, 1.807) is 0 Å². The molecule has 0 aromatic heterocycles. The first-order chi connectivity index (χ1) is 7.24. The van der Waals surface area contributed by atoms with Crippen molar-refractivity contribution >= 4 is 5.96 Å². The molecule has 0 spiro atoms. The Morgan fingerprint density at radius 1 is 1.20 bits per heavy atom. The Hall–Kier alpha value is -0.730. The van der Waals surface area contributed by atoms with Gasteiger partial charge in [0.15, 0.2) is 5.96 Å². The van der Waals surface area contributed by atoms with Gasteiger partial charge in [0, 0.05) is 6.04 Å². The molecular weight excluding hydrogens is 186 g/mol. The summed E-state index contributed by atoms with van der Waals surface area (Å²) >= 11 is 0. The van der Waals surface area contributed by atoms with E-state index in [2.05, 4.69) is 17.2 Å². The fourth-order valence-electron chi connectivity index (χ4n) is 2.67. The summed E-state index contributed by atoms with van der Waals surface area (Å²) in [4.78, 5) is 4.57. The lowest BCUT2D eigenvalue weighted by molar-refractivity contribution is 0.267. The monoisotopic (exact) mass is 209 g/mol. The van der Waals surface area contributed by atoms with Crippen LogP contribution in [0.1, 0.15) is 51.9 Å². The van der Waals surface area contributed by atoms with Crippen molar-refractivity contribution in [3.05, 3.63) is 0 Å². The second kappa shape index (κ2) is 4.86. The highest BCUT2D eigenvalue weighted by Gasteiger charge is 2.25. The van der Waals surface area contributed by atoms with Gasteiger partial charge < -0.3 is 11.1 Å². The molecule has 2 fully saturated rings. The van der Waals surface area contributed by atoms with Crippen LogP contribution in [0.15, 0.2) is 4.99 Å². The molecule has 0 unspecified atom stereocenters.